The van der Waals surface area contributed by atoms with Crippen molar-refractivity contribution in [2.24, 2.45) is 0 Å². The lowest BCUT2D eigenvalue weighted by molar-refractivity contribution is -0.137. The fourth-order valence-electron chi connectivity index (χ4n) is 2.24. The van der Waals surface area contributed by atoms with Crippen molar-refractivity contribution < 1.29 is 19.1 Å². The molecule has 0 aliphatic carbocycles. The number of hydrogen-bond donors (Lipinski definition) is 1. The highest BCUT2D eigenvalue weighted by molar-refractivity contribution is 5.66. The summed E-state index contributed by atoms with van der Waals surface area (Å²) < 4.78 is 11.2. The zero-order chi connectivity index (χ0) is 18.1. The van der Waals surface area contributed by atoms with Gasteiger partial charge in [0.2, 0.25) is 5.89 Å². The van der Waals surface area contributed by atoms with Crippen LogP contribution >= 0.6 is 0 Å². The van der Waals surface area contributed by atoms with Gasteiger partial charge in [-0.1, -0.05) is 23.6 Å². The third-order valence-corrected chi connectivity index (χ3v) is 3.67. The van der Waals surface area contributed by atoms with Gasteiger partial charge >= 0.3 is 5.97 Å². The van der Waals surface area contributed by atoms with Gasteiger partial charge in [0.15, 0.2) is 0 Å². The van der Waals surface area contributed by atoms with Crippen LogP contribution in [-0.2, 0) is 16.0 Å². The van der Waals surface area contributed by atoms with Gasteiger partial charge in [-0.05, 0) is 32.4 Å². The van der Waals surface area contributed by atoms with E-state index in [0.29, 0.717) is 38.4 Å². The summed E-state index contributed by atoms with van der Waals surface area (Å²) in [4.78, 5) is 14.9. The van der Waals surface area contributed by atoms with Crippen molar-refractivity contribution in [1.29, 1.82) is 0 Å². The van der Waals surface area contributed by atoms with Crippen LogP contribution in [0, 0.1) is 25.7 Å². The minimum atomic E-state index is -0.786. The highest BCUT2D eigenvalue weighted by Crippen LogP contribution is 2.22. The summed E-state index contributed by atoms with van der Waals surface area (Å²) in [6.07, 6.45) is 1.98. The number of oxazole rings is 1. The monoisotopic (exact) mass is 341 g/mol. The summed E-state index contributed by atoms with van der Waals surface area (Å²) >= 11 is 0. The van der Waals surface area contributed by atoms with Gasteiger partial charge in [0.1, 0.15) is 12.4 Å². The van der Waals surface area contributed by atoms with E-state index in [1.165, 1.54) is 5.56 Å². The zero-order valence-electron chi connectivity index (χ0n) is 14.7. The first-order chi connectivity index (χ1) is 12.1. The molecule has 0 aliphatic rings. The predicted molar refractivity (Wildman–Crippen MR) is 95.2 cm³/mol. The summed E-state index contributed by atoms with van der Waals surface area (Å²) in [5.74, 6) is 6.44. The number of nitrogens with zero attached hydrogens (tertiary/aromatic N) is 1. The van der Waals surface area contributed by atoms with E-state index in [-0.39, 0.29) is 6.42 Å². The Morgan fingerprint density at radius 3 is 2.72 bits per heavy atom. The molecule has 0 amide bonds. The molecule has 5 nitrogen and oxygen atoms in total. The van der Waals surface area contributed by atoms with Crippen molar-refractivity contribution >= 4 is 5.97 Å². The maximum absolute atomic E-state index is 10.4. The normalized spacial score (nSPS) is 10.3. The van der Waals surface area contributed by atoms with Gasteiger partial charge in [0.25, 0.3) is 0 Å². The number of carboxylic acids is 1. The molecule has 1 aromatic heterocycles. The smallest absolute Gasteiger partial charge is 0.303 e. The first kappa shape index (κ1) is 18.8. The van der Waals surface area contributed by atoms with E-state index in [4.69, 9.17) is 14.3 Å². The predicted octanol–water partition coefficient (Wildman–Crippen LogP) is 3.78. The lowest BCUT2D eigenvalue weighted by Gasteiger charge is -1.98. The molecule has 0 spiro atoms. The maximum atomic E-state index is 10.4. The fourth-order valence-corrected chi connectivity index (χ4v) is 2.24. The SMILES string of the molecule is Cc1ccc(-c2nc(CCOCC#CCCCC(=O)O)c(C)o2)cc1. The highest BCUT2D eigenvalue weighted by atomic mass is 16.5. The minimum Gasteiger partial charge on any atom is -0.481 e. The second kappa shape index (κ2) is 9.65. The molecule has 0 bridgehead atoms. The Morgan fingerprint density at radius 1 is 1.24 bits per heavy atom. The molecular weight excluding hydrogens is 318 g/mol. The molecule has 0 atom stereocenters. The van der Waals surface area contributed by atoms with Crippen molar-refractivity contribution in [3.63, 3.8) is 0 Å². The number of aryl methyl sites for hydroxylation is 2. The molecule has 0 saturated carbocycles. The van der Waals surface area contributed by atoms with Gasteiger partial charge in [-0.25, -0.2) is 4.98 Å². The molecule has 5 heteroatoms. The lowest BCUT2D eigenvalue weighted by atomic mass is 10.1. The first-order valence-corrected chi connectivity index (χ1v) is 8.35. The van der Waals surface area contributed by atoms with Crippen LogP contribution in [-0.4, -0.2) is 29.3 Å². The van der Waals surface area contributed by atoms with E-state index < -0.39 is 5.97 Å². The van der Waals surface area contributed by atoms with Crippen molar-refractivity contribution in [1.82, 2.24) is 4.98 Å². The summed E-state index contributed by atoms with van der Waals surface area (Å²) in [7, 11) is 0. The second-order valence-electron chi connectivity index (χ2n) is 5.79. The van der Waals surface area contributed by atoms with Gasteiger partial charge in [-0.3, -0.25) is 4.79 Å². The Balaban J connectivity index is 1.74. The van der Waals surface area contributed by atoms with Crippen LogP contribution in [0.3, 0.4) is 0 Å². The van der Waals surface area contributed by atoms with Crippen LogP contribution in [0.25, 0.3) is 11.5 Å². The van der Waals surface area contributed by atoms with Crippen molar-refractivity contribution in [3.8, 4) is 23.3 Å². The van der Waals surface area contributed by atoms with Crippen LogP contribution < -0.4 is 0 Å². The van der Waals surface area contributed by atoms with Gasteiger partial charge in [0, 0.05) is 24.8 Å². The third kappa shape index (κ3) is 6.44. The van der Waals surface area contributed by atoms with E-state index in [0.717, 1.165) is 17.0 Å². The molecule has 1 aromatic carbocycles. The topological polar surface area (TPSA) is 72.6 Å². The minimum absolute atomic E-state index is 0.157. The standard InChI is InChI=1S/C20H23NO4/c1-15-8-10-17(11-9-15)20-21-18(16(2)25-20)12-14-24-13-6-4-3-5-7-19(22)23/h8-11H,3,5,7,12-14H2,1-2H3,(H,22,23). The van der Waals surface area contributed by atoms with Crippen LogP contribution in [0.15, 0.2) is 28.7 Å². The summed E-state index contributed by atoms with van der Waals surface area (Å²) in [6.45, 7) is 4.81. The average molecular weight is 341 g/mol. The zero-order valence-corrected chi connectivity index (χ0v) is 14.7. The van der Waals surface area contributed by atoms with Crippen molar-refractivity contribution in [2.75, 3.05) is 13.2 Å². The Morgan fingerprint density at radius 2 is 2.00 bits per heavy atom. The molecule has 25 heavy (non-hydrogen) atoms. The number of carbonyl (C=O) groups is 1. The van der Waals surface area contributed by atoms with Gasteiger partial charge in [-0.15, -0.1) is 5.92 Å². The fraction of sp³-hybridized carbons (Fsp3) is 0.400. The first-order valence-electron chi connectivity index (χ1n) is 8.35. The Hall–Kier alpha value is -2.58. The molecule has 132 valence electrons. The van der Waals surface area contributed by atoms with E-state index in [1.807, 2.05) is 38.1 Å². The second-order valence-corrected chi connectivity index (χ2v) is 5.79. The molecule has 2 aromatic rings. The number of unbranched alkanes of at least 4 members (excludes halogenated alkanes) is 1. The maximum Gasteiger partial charge on any atom is 0.303 e. The van der Waals surface area contributed by atoms with Gasteiger partial charge in [0.05, 0.1) is 12.3 Å². The van der Waals surface area contributed by atoms with E-state index in [1.54, 1.807) is 0 Å². The molecular formula is C20H23NO4. The van der Waals surface area contributed by atoms with Crippen molar-refractivity contribution in [2.45, 2.75) is 39.5 Å². The van der Waals surface area contributed by atoms with E-state index >= 15 is 0 Å². The molecule has 1 heterocycles. The Labute approximate surface area is 148 Å². The Kier molecular flexibility index (Phi) is 7.24. The largest absolute Gasteiger partial charge is 0.481 e. The van der Waals surface area contributed by atoms with Gasteiger partial charge in [-0.2, -0.15) is 0 Å². The number of carboxylic acid groups (broad SMARTS) is 1. The molecule has 0 saturated heterocycles. The number of aromatic nitrogens is 1. The number of hydrogen-bond acceptors (Lipinski definition) is 4. The number of rotatable bonds is 8. The van der Waals surface area contributed by atoms with Crippen LogP contribution in [0.1, 0.15) is 36.3 Å². The van der Waals surface area contributed by atoms with Crippen LogP contribution in [0.5, 0.6) is 0 Å². The quantitative estimate of drug-likeness (QED) is 0.584. The van der Waals surface area contributed by atoms with Crippen LogP contribution in [0.4, 0.5) is 0 Å². The van der Waals surface area contributed by atoms with E-state index in [9.17, 15) is 4.79 Å². The summed E-state index contributed by atoms with van der Waals surface area (Å²) in [6, 6.07) is 8.07. The molecule has 0 unspecified atom stereocenters. The molecule has 0 aliphatic heterocycles. The number of ether oxygens (including phenoxy) is 1. The average Bonchev–Trinajstić information content (AvgIpc) is 2.94. The summed E-state index contributed by atoms with van der Waals surface area (Å²) in [5, 5.41) is 8.52. The van der Waals surface area contributed by atoms with Crippen LogP contribution in [0.2, 0.25) is 0 Å². The molecule has 0 fully saturated rings. The van der Waals surface area contributed by atoms with E-state index in [2.05, 4.69) is 16.8 Å². The number of benzene rings is 1. The van der Waals surface area contributed by atoms with Gasteiger partial charge < -0.3 is 14.3 Å². The molecule has 0 radical (unpaired) electrons. The van der Waals surface area contributed by atoms with Crippen molar-refractivity contribution in [3.05, 3.63) is 41.3 Å². The molecule has 1 N–H and O–H groups in total. The molecule has 2 rings (SSSR count). The highest BCUT2D eigenvalue weighted by Gasteiger charge is 2.11. The number of aliphatic carboxylic acids is 1. The third-order valence-electron chi connectivity index (χ3n) is 3.67. The summed E-state index contributed by atoms with van der Waals surface area (Å²) in [5.41, 5.74) is 3.06. The Bertz CT molecular complexity index is 750. The lowest BCUT2D eigenvalue weighted by Crippen LogP contribution is -2.00.